The van der Waals surface area contributed by atoms with E-state index in [1.54, 1.807) is 7.05 Å². The average molecular weight is 671 g/mol. The van der Waals surface area contributed by atoms with Crippen LogP contribution in [-0.4, -0.2) is 112 Å². The summed E-state index contributed by atoms with van der Waals surface area (Å²) in [4.78, 5) is 29.0. The Morgan fingerprint density at radius 1 is 0.745 bits per heavy atom. The number of nitrogens with one attached hydrogen (secondary N) is 2. The van der Waals surface area contributed by atoms with Crippen LogP contribution in [0, 0.1) is 22.2 Å². The predicted molar refractivity (Wildman–Crippen MR) is 197 cm³/mol. The molecular formula is C37H78N6O4. The molecule has 47 heavy (non-hydrogen) atoms. The minimum absolute atomic E-state index is 0.00270. The molecule has 0 rings (SSSR count). The van der Waals surface area contributed by atoms with Crippen LogP contribution in [-0.2, 0) is 19.1 Å². The van der Waals surface area contributed by atoms with Crippen molar-refractivity contribution in [1.82, 2.24) is 20.4 Å². The number of hydrogen-bond donors (Lipinski definition) is 4. The van der Waals surface area contributed by atoms with Crippen LogP contribution < -0.4 is 22.1 Å². The fourth-order valence-electron chi connectivity index (χ4n) is 7.72. The summed E-state index contributed by atoms with van der Waals surface area (Å²) in [6.45, 7) is 33.0. The van der Waals surface area contributed by atoms with Crippen molar-refractivity contribution < 1.29 is 19.1 Å². The van der Waals surface area contributed by atoms with E-state index in [4.69, 9.17) is 20.9 Å². The highest BCUT2D eigenvalue weighted by Crippen LogP contribution is 2.45. The van der Waals surface area contributed by atoms with Crippen LogP contribution in [0.3, 0.4) is 0 Å². The van der Waals surface area contributed by atoms with Crippen LogP contribution in [0.4, 0.5) is 0 Å². The van der Waals surface area contributed by atoms with Gasteiger partial charge in [-0.1, -0.05) is 48.5 Å². The zero-order valence-corrected chi connectivity index (χ0v) is 33.2. The van der Waals surface area contributed by atoms with Crippen LogP contribution in [0.5, 0.6) is 0 Å². The maximum atomic E-state index is 12.2. The lowest BCUT2D eigenvalue weighted by Crippen LogP contribution is -2.56. The third-order valence-corrected chi connectivity index (χ3v) is 10.1. The third kappa shape index (κ3) is 17.3. The molecule has 280 valence electrons. The maximum Gasteiger partial charge on any atom is 0.319 e. The molecule has 0 aromatic heterocycles. The van der Waals surface area contributed by atoms with Gasteiger partial charge in [-0.2, -0.15) is 0 Å². The van der Waals surface area contributed by atoms with Crippen molar-refractivity contribution in [3.05, 3.63) is 0 Å². The van der Waals surface area contributed by atoms with E-state index in [-0.39, 0.29) is 58.4 Å². The van der Waals surface area contributed by atoms with Crippen molar-refractivity contribution in [2.45, 2.75) is 132 Å². The largest absolute Gasteiger partial charge is 0.465 e. The van der Waals surface area contributed by atoms with Gasteiger partial charge < -0.3 is 36.5 Å². The van der Waals surface area contributed by atoms with E-state index >= 15 is 0 Å². The minimum Gasteiger partial charge on any atom is -0.465 e. The summed E-state index contributed by atoms with van der Waals surface area (Å²) < 4.78 is 11.0. The molecule has 0 amide bonds. The number of esters is 2. The van der Waals surface area contributed by atoms with Crippen LogP contribution in [0.2, 0.25) is 0 Å². The van der Waals surface area contributed by atoms with E-state index in [0.717, 1.165) is 58.3 Å². The van der Waals surface area contributed by atoms with Crippen molar-refractivity contribution in [1.29, 1.82) is 0 Å². The quantitative estimate of drug-likeness (QED) is 0.0850. The highest BCUT2D eigenvalue weighted by Gasteiger charge is 2.41. The van der Waals surface area contributed by atoms with E-state index in [2.05, 4.69) is 111 Å². The van der Waals surface area contributed by atoms with Gasteiger partial charge >= 0.3 is 11.9 Å². The molecule has 0 spiro atoms. The van der Waals surface area contributed by atoms with E-state index in [1.165, 1.54) is 0 Å². The van der Waals surface area contributed by atoms with Gasteiger partial charge in [0, 0.05) is 43.3 Å². The maximum absolute atomic E-state index is 12.2. The predicted octanol–water partition coefficient (Wildman–Crippen LogP) is 4.64. The van der Waals surface area contributed by atoms with Crippen molar-refractivity contribution in [2.24, 2.45) is 33.6 Å². The number of rotatable bonds is 24. The van der Waals surface area contributed by atoms with Gasteiger partial charge in [-0.15, -0.1) is 0 Å². The molecule has 0 saturated carbocycles. The molecule has 2 atom stereocenters. The summed E-state index contributed by atoms with van der Waals surface area (Å²) in [5.74, 6) is -0.236. The first-order valence-corrected chi connectivity index (χ1v) is 18.0. The molecule has 0 aromatic rings. The number of nitrogens with zero attached hydrogens (tertiary/aromatic N) is 2. The molecule has 0 aliphatic heterocycles. The zero-order valence-electron chi connectivity index (χ0n) is 33.2. The Kier molecular flexibility index (Phi) is 19.8. The van der Waals surface area contributed by atoms with Crippen molar-refractivity contribution in [3.8, 4) is 0 Å². The topological polar surface area (TPSA) is 135 Å². The zero-order chi connectivity index (χ0) is 36.7. The highest BCUT2D eigenvalue weighted by atomic mass is 16.5. The normalized spacial score (nSPS) is 14.9. The molecule has 6 N–H and O–H groups in total. The Morgan fingerprint density at radius 2 is 1.32 bits per heavy atom. The second-order valence-corrected chi connectivity index (χ2v) is 17.6. The monoisotopic (exact) mass is 671 g/mol. The number of hydrogen-bond acceptors (Lipinski definition) is 10. The average Bonchev–Trinajstić information content (AvgIpc) is 2.93. The van der Waals surface area contributed by atoms with Crippen molar-refractivity contribution in [2.75, 3.05) is 73.1 Å². The second-order valence-electron chi connectivity index (χ2n) is 17.6. The molecule has 0 fully saturated rings. The minimum atomic E-state index is -0.354. The number of ether oxygens (including phenoxy) is 2. The molecule has 2 unspecified atom stereocenters. The standard InChI is InChI=1S/C37H78N6O4/c1-33(2,3)29(15-25-46-31(44)27-39)35(7,8)19-23-42(14)30(16-26-47-32(45)28-40-13)36(9,10)17-18-37(11,12)43(34(4,5)6)24-22-41-21-20-38/h29-30,40-41H,15-28,38-39H2,1-14H3. The Morgan fingerprint density at radius 3 is 1.83 bits per heavy atom. The van der Waals surface area contributed by atoms with Crippen molar-refractivity contribution >= 4 is 11.9 Å². The van der Waals surface area contributed by atoms with Gasteiger partial charge in [0.25, 0.3) is 0 Å². The molecule has 0 bridgehead atoms. The Bertz CT molecular complexity index is 894. The summed E-state index contributed by atoms with van der Waals surface area (Å²) in [5.41, 5.74) is 11.2. The fraction of sp³-hybridized carbons (Fsp3) is 0.946. The molecular weight excluding hydrogens is 592 g/mol. The molecule has 0 heterocycles. The highest BCUT2D eigenvalue weighted by molar-refractivity contribution is 5.71. The van der Waals surface area contributed by atoms with Gasteiger partial charge in [-0.3, -0.25) is 14.5 Å². The first-order valence-electron chi connectivity index (χ1n) is 18.0. The number of nitrogens with two attached hydrogens (primary N) is 2. The smallest absolute Gasteiger partial charge is 0.319 e. The van der Waals surface area contributed by atoms with Gasteiger partial charge in [0.2, 0.25) is 0 Å². The van der Waals surface area contributed by atoms with Crippen molar-refractivity contribution in [3.63, 3.8) is 0 Å². The molecule has 0 aliphatic carbocycles. The Labute approximate surface area is 290 Å². The van der Waals surface area contributed by atoms with Gasteiger partial charge in [0.1, 0.15) is 0 Å². The number of carbonyl (C=O) groups is 2. The first kappa shape index (κ1) is 45.7. The van der Waals surface area contributed by atoms with Crippen LogP contribution in [0.25, 0.3) is 0 Å². The SMILES string of the molecule is CNCC(=O)OCCC(N(C)CCC(C)(C)C(CCOC(=O)CN)C(C)(C)C)C(C)(C)CCC(C)(C)N(CCNCCN)C(C)(C)C. The summed E-state index contributed by atoms with van der Waals surface area (Å²) >= 11 is 0. The van der Waals surface area contributed by atoms with Crippen LogP contribution >= 0.6 is 0 Å². The van der Waals surface area contributed by atoms with Crippen LogP contribution in [0.15, 0.2) is 0 Å². The first-order chi connectivity index (χ1) is 21.5. The summed E-state index contributed by atoms with van der Waals surface area (Å²) in [6, 6.07) is 0.212. The summed E-state index contributed by atoms with van der Waals surface area (Å²) in [5, 5.41) is 6.36. The number of carbonyl (C=O) groups excluding carboxylic acids is 2. The lowest BCUT2D eigenvalue weighted by Gasteiger charge is -2.50. The second kappa shape index (κ2) is 20.4. The van der Waals surface area contributed by atoms with Crippen LogP contribution in [0.1, 0.15) is 115 Å². The lowest BCUT2D eigenvalue weighted by molar-refractivity contribution is -0.144. The molecule has 0 saturated heterocycles. The fourth-order valence-corrected chi connectivity index (χ4v) is 7.72. The van der Waals surface area contributed by atoms with E-state index in [0.29, 0.717) is 25.7 Å². The molecule has 10 heteroatoms. The van der Waals surface area contributed by atoms with Gasteiger partial charge in [0.15, 0.2) is 0 Å². The molecule has 0 aliphatic rings. The van der Waals surface area contributed by atoms with Gasteiger partial charge in [-0.05, 0) is 110 Å². The van der Waals surface area contributed by atoms with E-state index in [9.17, 15) is 9.59 Å². The molecule has 10 nitrogen and oxygen atoms in total. The van der Waals surface area contributed by atoms with Gasteiger partial charge in [0.05, 0.1) is 26.3 Å². The third-order valence-electron chi connectivity index (χ3n) is 10.1. The number of likely N-dealkylation sites (N-methyl/N-ethyl adjacent to an activating group) is 1. The molecule has 0 aromatic carbocycles. The van der Waals surface area contributed by atoms with Gasteiger partial charge in [-0.25, -0.2) is 0 Å². The summed E-state index contributed by atoms with van der Waals surface area (Å²) in [7, 11) is 3.98. The lowest BCUT2D eigenvalue weighted by atomic mass is 9.63. The van der Waals surface area contributed by atoms with E-state index < -0.39 is 0 Å². The Balaban J connectivity index is 5.97. The Hall–Kier alpha value is -1.30. The molecule has 0 radical (unpaired) electrons. The van der Waals surface area contributed by atoms with E-state index in [1.807, 2.05) is 0 Å². The summed E-state index contributed by atoms with van der Waals surface area (Å²) in [6.07, 6.45) is 4.62.